The van der Waals surface area contributed by atoms with Gasteiger partial charge >= 0.3 is 0 Å². The van der Waals surface area contributed by atoms with Crippen LogP contribution >= 0.6 is 0 Å². The second-order valence-corrected chi connectivity index (χ2v) is 9.55. The van der Waals surface area contributed by atoms with E-state index in [0.717, 1.165) is 25.9 Å². The lowest BCUT2D eigenvalue weighted by atomic mass is 10.0. The highest BCUT2D eigenvalue weighted by molar-refractivity contribution is 7.92. The normalized spacial score (nSPS) is 19.5. The number of benzene rings is 2. The Labute approximate surface area is 173 Å². The number of anilines is 1. The monoisotopic (exact) mass is 416 g/mol. The van der Waals surface area contributed by atoms with Gasteiger partial charge in [-0.2, -0.15) is 0 Å². The van der Waals surface area contributed by atoms with Crippen LogP contribution in [0.5, 0.6) is 0 Å². The number of quaternary nitrogens is 1. The zero-order valence-electron chi connectivity index (χ0n) is 17.1. The average Bonchev–Trinajstić information content (AvgIpc) is 2.75. The van der Waals surface area contributed by atoms with Crippen LogP contribution in [0.1, 0.15) is 36.5 Å². The molecule has 1 saturated heterocycles. The van der Waals surface area contributed by atoms with E-state index in [0.29, 0.717) is 11.3 Å². The summed E-state index contributed by atoms with van der Waals surface area (Å²) in [5.41, 5.74) is 1.07. The molecule has 0 atom stereocenters. The number of amides is 1. The van der Waals surface area contributed by atoms with Crippen LogP contribution in [0.3, 0.4) is 0 Å². The number of para-hydroxylation sites is 1. The van der Waals surface area contributed by atoms with Crippen molar-refractivity contribution in [2.75, 3.05) is 31.0 Å². The van der Waals surface area contributed by atoms with E-state index in [2.05, 4.69) is 12.2 Å². The van der Waals surface area contributed by atoms with Gasteiger partial charge in [0, 0.05) is 31.5 Å². The first-order valence-corrected chi connectivity index (χ1v) is 11.6. The third kappa shape index (κ3) is 5.16. The zero-order valence-corrected chi connectivity index (χ0v) is 17.9. The Hall–Kier alpha value is -2.38. The largest absolute Gasteiger partial charge is 0.349 e. The molecule has 7 heteroatoms. The van der Waals surface area contributed by atoms with E-state index in [9.17, 15) is 13.2 Å². The number of hydrogen-bond acceptors (Lipinski definition) is 3. The van der Waals surface area contributed by atoms with Gasteiger partial charge in [-0.15, -0.1) is 0 Å². The van der Waals surface area contributed by atoms with Crippen LogP contribution in [-0.4, -0.2) is 47.0 Å². The summed E-state index contributed by atoms with van der Waals surface area (Å²) >= 11 is 0. The van der Waals surface area contributed by atoms with Crippen molar-refractivity contribution in [2.45, 2.75) is 37.1 Å². The van der Waals surface area contributed by atoms with E-state index in [1.807, 2.05) is 6.07 Å². The Kier molecular flexibility index (Phi) is 6.92. The fourth-order valence-corrected chi connectivity index (χ4v) is 4.95. The van der Waals surface area contributed by atoms with Crippen LogP contribution in [0.15, 0.2) is 59.5 Å². The Morgan fingerprint density at radius 3 is 2.28 bits per heavy atom. The van der Waals surface area contributed by atoms with E-state index in [1.54, 1.807) is 41.3 Å². The molecule has 0 aliphatic carbocycles. The zero-order chi connectivity index (χ0) is 20.9. The van der Waals surface area contributed by atoms with Crippen molar-refractivity contribution in [2.24, 2.45) is 0 Å². The molecule has 1 amide bonds. The summed E-state index contributed by atoms with van der Waals surface area (Å²) in [6.07, 6.45) is 3.14. The van der Waals surface area contributed by atoms with Gasteiger partial charge in [0.2, 0.25) is 0 Å². The molecule has 0 saturated carbocycles. The molecule has 1 heterocycles. The number of nitrogens with one attached hydrogen (secondary N) is 2. The van der Waals surface area contributed by atoms with Crippen LogP contribution in [-0.2, 0) is 10.0 Å². The standard InChI is InChI=1S/C22H29N3O3S/c1-3-15-25-16-13-19(14-17-25)23-22(26)18-9-11-21(12-10-18)29(27,28)24(2)20-7-5-4-6-8-20/h4-12,19H,3,13-17H2,1-2H3,(H,23,26)/p+1. The van der Waals surface area contributed by atoms with Crippen LogP contribution in [0.25, 0.3) is 0 Å². The molecule has 1 aliphatic heterocycles. The fourth-order valence-electron chi connectivity index (χ4n) is 3.76. The summed E-state index contributed by atoms with van der Waals surface area (Å²) in [6.45, 7) is 5.56. The van der Waals surface area contributed by atoms with Crippen molar-refractivity contribution >= 4 is 21.6 Å². The SMILES string of the molecule is CCC[NH+]1CCC(NC(=O)c2ccc(S(=O)(=O)N(C)c3ccccc3)cc2)CC1. The minimum atomic E-state index is -3.67. The number of carbonyl (C=O) groups excluding carboxylic acids is 1. The van der Waals surface area contributed by atoms with Crippen LogP contribution in [0, 0.1) is 0 Å². The third-order valence-electron chi connectivity index (χ3n) is 5.53. The van der Waals surface area contributed by atoms with E-state index in [4.69, 9.17) is 0 Å². The van der Waals surface area contributed by atoms with Gasteiger partial charge < -0.3 is 10.2 Å². The summed E-state index contributed by atoms with van der Waals surface area (Å²) in [5.74, 6) is -0.144. The molecule has 0 unspecified atom stereocenters. The van der Waals surface area contributed by atoms with Gasteiger partial charge in [0.15, 0.2) is 0 Å². The molecule has 1 fully saturated rings. The number of carbonyl (C=O) groups is 1. The molecule has 0 aromatic heterocycles. The van der Waals surface area contributed by atoms with Gasteiger partial charge in [0.25, 0.3) is 15.9 Å². The van der Waals surface area contributed by atoms with Crippen molar-refractivity contribution in [1.82, 2.24) is 5.32 Å². The molecule has 0 bridgehead atoms. The maximum atomic E-state index is 12.8. The highest BCUT2D eigenvalue weighted by atomic mass is 32.2. The predicted octanol–water partition coefficient (Wildman–Crippen LogP) is 1.70. The Balaban J connectivity index is 1.63. The Morgan fingerprint density at radius 2 is 1.69 bits per heavy atom. The summed E-state index contributed by atoms with van der Waals surface area (Å²) in [7, 11) is -2.15. The van der Waals surface area contributed by atoms with Gasteiger partial charge in [-0.3, -0.25) is 9.10 Å². The number of likely N-dealkylation sites (tertiary alicyclic amines) is 1. The Morgan fingerprint density at radius 1 is 1.07 bits per heavy atom. The van der Waals surface area contributed by atoms with Crippen molar-refractivity contribution < 1.29 is 18.1 Å². The number of hydrogen-bond donors (Lipinski definition) is 2. The molecule has 3 rings (SSSR count). The summed E-state index contributed by atoms with van der Waals surface area (Å²) in [4.78, 5) is 14.3. The molecular weight excluding hydrogens is 386 g/mol. The molecule has 29 heavy (non-hydrogen) atoms. The first-order valence-electron chi connectivity index (χ1n) is 10.2. The summed E-state index contributed by atoms with van der Waals surface area (Å²) in [5, 5.41) is 3.09. The summed E-state index contributed by atoms with van der Waals surface area (Å²) in [6, 6.07) is 15.3. The first kappa shape index (κ1) is 21.3. The number of piperidine rings is 1. The average molecular weight is 417 g/mol. The topological polar surface area (TPSA) is 70.9 Å². The minimum absolute atomic E-state index is 0.144. The van der Waals surface area contributed by atoms with Gasteiger partial charge in [-0.1, -0.05) is 25.1 Å². The van der Waals surface area contributed by atoms with Crippen LogP contribution in [0.4, 0.5) is 5.69 Å². The molecule has 0 spiro atoms. The van der Waals surface area contributed by atoms with E-state index < -0.39 is 10.0 Å². The smallest absolute Gasteiger partial charge is 0.264 e. The minimum Gasteiger partial charge on any atom is -0.349 e. The first-order chi connectivity index (χ1) is 13.9. The maximum Gasteiger partial charge on any atom is 0.264 e. The van der Waals surface area contributed by atoms with Gasteiger partial charge in [0.05, 0.1) is 30.2 Å². The lowest BCUT2D eigenvalue weighted by Gasteiger charge is -2.29. The van der Waals surface area contributed by atoms with Crippen molar-refractivity contribution in [3.63, 3.8) is 0 Å². The van der Waals surface area contributed by atoms with Crippen LogP contribution in [0.2, 0.25) is 0 Å². The third-order valence-corrected chi connectivity index (χ3v) is 7.33. The van der Waals surface area contributed by atoms with Gasteiger partial charge in [0.1, 0.15) is 0 Å². The van der Waals surface area contributed by atoms with Gasteiger partial charge in [-0.25, -0.2) is 8.42 Å². The highest BCUT2D eigenvalue weighted by Crippen LogP contribution is 2.22. The fraction of sp³-hybridized carbons (Fsp3) is 0.409. The van der Waals surface area contributed by atoms with Crippen molar-refractivity contribution in [3.8, 4) is 0 Å². The molecule has 2 aromatic carbocycles. The maximum absolute atomic E-state index is 12.8. The number of sulfonamides is 1. The van der Waals surface area contributed by atoms with E-state index in [-0.39, 0.29) is 16.8 Å². The second kappa shape index (κ2) is 9.41. The van der Waals surface area contributed by atoms with E-state index in [1.165, 1.54) is 36.5 Å². The predicted molar refractivity (Wildman–Crippen MR) is 115 cm³/mol. The van der Waals surface area contributed by atoms with Crippen molar-refractivity contribution in [1.29, 1.82) is 0 Å². The molecular formula is C22H30N3O3S+. The number of nitrogens with zero attached hydrogens (tertiary/aromatic N) is 1. The van der Waals surface area contributed by atoms with Crippen molar-refractivity contribution in [3.05, 3.63) is 60.2 Å². The molecule has 0 radical (unpaired) electrons. The lowest BCUT2D eigenvalue weighted by Crippen LogP contribution is -3.13. The molecule has 156 valence electrons. The number of rotatable bonds is 7. The molecule has 2 N–H and O–H groups in total. The summed E-state index contributed by atoms with van der Waals surface area (Å²) < 4.78 is 26.9. The highest BCUT2D eigenvalue weighted by Gasteiger charge is 2.24. The van der Waals surface area contributed by atoms with Gasteiger partial charge in [-0.05, 0) is 42.8 Å². The lowest BCUT2D eigenvalue weighted by molar-refractivity contribution is -0.905. The Bertz CT molecular complexity index is 906. The second-order valence-electron chi connectivity index (χ2n) is 7.58. The quantitative estimate of drug-likeness (QED) is 0.722. The molecule has 2 aromatic rings. The molecule has 1 aliphatic rings. The molecule has 6 nitrogen and oxygen atoms in total. The van der Waals surface area contributed by atoms with Crippen LogP contribution < -0.4 is 14.5 Å². The van der Waals surface area contributed by atoms with E-state index >= 15 is 0 Å².